The lowest BCUT2D eigenvalue weighted by molar-refractivity contribution is -0.133. The van der Waals surface area contributed by atoms with Crippen LogP contribution in [0.1, 0.15) is 12.2 Å². The average Bonchev–Trinajstić information content (AvgIpc) is 2.92. The van der Waals surface area contributed by atoms with Crippen LogP contribution in [0.25, 0.3) is 0 Å². The fourth-order valence-electron chi connectivity index (χ4n) is 1.92. The van der Waals surface area contributed by atoms with Gasteiger partial charge in [-0.3, -0.25) is 9.59 Å². The Kier molecular flexibility index (Phi) is 6.36. The van der Waals surface area contributed by atoms with Crippen LogP contribution < -0.4 is 10.1 Å². The van der Waals surface area contributed by atoms with E-state index >= 15 is 0 Å². The van der Waals surface area contributed by atoms with E-state index in [1.54, 1.807) is 20.0 Å². The molecule has 7 nitrogen and oxygen atoms in total. The van der Waals surface area contributed by atoms with E-state index in [-0.39, 0.29) is 31.4 Å². The molecule has 2 amide bonds. The van der Waals surface area contributed by atoms with Crippen LogP contribution in [0.15, 0.2) is 39.3 Å². The highest BCUT2D eigenvalue weighted by Gasteiger charge is 2.14. The van der Waals surface area contributed by atoms with E-state index in [0.29, 0.717) is 17.3 Å². The predicted octanol–water partition coefficient (Wildman–Crippen LogP) is 2.61. The number of aromatic nitrogens is 1. The molecule has 0 spiro atoms. The van der Waals surface area contributed by atoms with Crippen molar-refractivity contribution in [1.82, 2.24) is 10.1 Å². The molecule has 0 bridgehead atoms. The highest BCUT2D eigenvalue weighted by molar-refractivity contribution is 9.10. The number of nitrogens with zero attached hydrogens (tertiary/aromatic N) is 2. The summed E-state index contributed by atoms with van der Waals surface area (Å²) in [5, 5.41) is 6.23. The normalized spacial score (nSPS) is 10.3. The number of amides is 2. The zero-order chi connectivity index (χ0) is 17.5. The number of benzene rings is 1. The minimum Gasteiger partial charge on any atom is -0.493 e. The standard InChI is InChI=1S/C16H18BrN3O4/c1-11-8-14(19-24-11)18-15(21)10-20(2)16(22)6-7-23-13-5-3-4-12(17)9-13/h3-5,8-9H,6-7,10H2,1-2H3,(H,18,19,21). The van der Waals surface area contributed by atoms with Crippen molar-refractivity contribution in [1.29, 1.82) is 0 Å². The number of hydrogen-bond donors (Lipinski definition) is 1. The molecule has 0 saturated heterocycles. The van der Waals surface area contributed by atoms with Crippen LogP contribution >= 0.6 is 15.9 Å². The molecule has 0 aliphatic rings. The van der Waals surface area contributed by atoms with Gasteiger partial charge in [0.05, 0.1) is 19.6 Å². The van der Waals surface area contributed by atoms with Gasteiger partial charge in [0.15, 0.2) is 5.82 Å². The fourth-order valence-corrected chi connectivity index (χ4v) is 2.29. The molecule has 0 unspecified atom stereocenters. The van der Waals surface area contributed by atoms with Crippen LogP contribution in [0, 0.1) is 6.92 Å². The number of halogens is 1. The lowest BCUT2D eigenvalue weighted by atomic mass is 10.3. The van der Waals surface area contributed by atoms with Crippen LogP contribution in [0.5, 0.6) is 5.75 Å². The van der Waals surface area contributed by atoms with Gasteiger partial charge in [-0.05, 0) is 25.1 Å². The summed E-state index contributed by atoms with van der Waals surface area (Å²) < 4.78 is 11.3. The SMILES string of the molecule is Cc1cc(NC(=O)CN(C)C(=O)CCOc2cccc(Br)c2)no1. The van der Waals surface area contributed by atoms with E-state index in [9.17, 15) is 9.59 Å². The average molecular weight is 396 g/mol. The Morgan fingerprint density at radius 1 is 1.38 bits per heavy atom. The van der Waals surface area contributed by atoms with Crippen molar-refractivity contribution in [2.24, 2.45) is 0 Å². The summed E-state index contributed by atoms with van der Waals surface area (Å²) in [7, 11) is 1.56. The molecule has 1 heterocycles. The van der Waals surface area contributed by atoms with Crippen LogP contribution in [-0.4, -0.2) is 42.1 Å². The third-order valence-electron chi connectivity index (χ3n) is 3.08. The van der Waals surface area contributed by atoms with Gasteiger partial charge in [0.25, 0.3) is 0 Å². The number of likely N-dealkylation sites (N-methyl/N-ethyl adjacent to an activating group) is 1. The smallest absolute Gasteiger partial charge is 0.245 e. The molecule has 2 rings (SSSR count). The van der Waals surface area contributed by atoms with Gasteiger partial charge in [-0.15, -0.1) is 0 Å². The molecule has 0 aliphatic heterocycles. The minimum atomic E-state index is -0.341. The van der Waals surface area contributed by atoms with Gasteiger partial charge in [-0.1, -0.05) is 27.2 Å². The maximum atomic E-state index is 12.0. The molecule has 128 valence electrons. The summed E-state index contributed by atoms with van der Waals surface area (Å²) in [6, 6.07) is 8.98. The summed E-state index contributed by atoms with van der Waals surface area (Å²) in [5.74, 6) is 1.08. The summed E-state index contributed by atoms with van der Waals surface area (Å²) >= 11 is 3.35. The first-order valence-electron chi connectivity index (χ1n) is 7.29. The maximum absolute atomic E-state index is 12.0. The van der Waals surface area contributed by atoms with Gasteiger partial charge >= 0.3 is 0 Å². The van der Waals surface area contributed by atoms with E-state index in [1.165, 1.54) is 4.90 Å². The Morgan fingerprint density at radius 2 is 2.17 bits per heavy atom. The number of hydrogen-bond acceptors (Lipinski definition) is 5. The number of ether oxygens (including phenoxy) is 1. The van der Waals surface area contributed by atoms with E-state index in [4.69, 9.17) is 9.26 Å². The van der Waals surface area contributed by atoms with Crippen molar-refractivity contribution >= 4 is 33.6 Å². The Morgan fingerprint density at radius 3 is 2.83 bits per heavy atom. The third-order valence-corrected chi connectivity index (χ3v) is 3.58. The van der Waals surface area contributed by atoms with Crippen molar-refractivity contribution in [3.8, 4) is 5.75 Å². The zero-order valence-electron chi connectivity index (χ0n) is 13.4. The van der Waals surface area contributed by atoms with Gasteiger partial charge in [-0.2, -0.15) is 0 Å². The van der Waals surface area contributed by atoms with Gasteiger partial charge in [0.2, 0.25) is 11.8 Å². The third kappa shape index (κ3) is 5.69. The fraction of sp³-hybridized carbons (Fsp3) is 0.312. The van der Waals surface area contributed by atoms with E-state index in [2.05, 4.69) is 26.4 Å². The molecule has 0 aliphatic carbocycles. The number of rotatable bonds is 7. The summed E-state index contributed by atoms with van der Waals surface area (Å²) in [6.45, 7) is 1.90. The maximum Gasteiger partial charge on any atom is 0.245 e. The molecule has 1 aromatic heterocycles. The second kappa shape index (κ2) is 8.49. The second-order valence-electron chi connectivity index (χ2n) is 5.18. The first-order chi connectivity index (χ1) is 11.4. The Labute approximate surface area is 148 Å². The molecule has 24 heavy (non-hydrogen) atoms. The molecule has 0 fully saturated rings. The monoisotopic (exact) mass is 395 g/mol. The summed E-state index contributed by atoms with van der Waals surface area (Å²) in [6.07, 6.45) is 0.180. The molecular weight excluding hydrogens is 378 g/mol. The number of carbonyl (C=O) groups is 2. The molecule has 1 aromatic carbocycles. The number of carbonyl (C=O) groups excluding carboxylic acids is 2. The minimum absolute atomic E-state index is 0.0678. The molecule has 1 N–H and O–H groups in total. The summed E-state index contributed by atoms with van der Waals surface area (Å²) in [5.41, 5.74) is 0. The van der Waals surface area contributed by atoms with Gasteiger partial charge < -0.3 is 19.5 Å². The number of aryl methyl sites for hydroxylation is 1. The molecule has 0 atom stereocenters. The summed E-state index contributed by atoms with van der Waals surface area (Å²) in [4.78, 5) is 25.2. The predicted molar refractivity (Wildman–Crippen MR) is 91.8 cm³/mol. The topological polar surface area (TPSA) is 84.7 Å². The van der Waals surface area contributed by atoms with Crippen molar-refractivity contribution in [3.63, 3.8) is 0 Å². The first-order valence-corrected chi connectivity index (χ1v) is 8.09. The van der Waals surface area contributed by atoms with Gasteiger partial charge in [-0.25, -0.2) is 0 Å². The quantitative estimate of drug-likeness (QED) is 0.778. The Balaban J connectivity index is 1.72. The molecule has 2 aromatic rings. The van der Waals surface area contributed by atoms with Crippen molar-refractivity contribution in [2.75, 3.05) is 25.5 Å². The highest BCUT2D eigenvalue weighted by atomic mass is 79.9. The number of nitrogens with one attached hydrogen (secondary N) is 1. The van der Waals surface area contributed by atoms with E-state index in [1.807, 2.05) is 24.3 Å². The molecule has 0 radical (unpaired) electrons. The van der Waals surface area contributed by atoms with Crippen molar-refractivity contribution < 1.29 is 18.8 Å². The van der Waals surface area contributed by atoms with Crippen molar-refractivity contribution in [3.05, 3.63) is 40.6 Å². The highest BCUT2D eigenvalue weighted by Crippen LogP contribution is 2.17. The van der Waals surface area contributed by atoms with Gasteiger partial charge in [0.1, 0.15) is 11.5 Å². The molecule has 0 saturated carbocycles. The van der Waals surface area contributed by atoms with Crippen molar-refractivity contribution in [2.45, 2.75) is 13.3 Å². The largest absolute Gasteiger partial charge is 0.493 e. The zero-order valence-corrected chi connectivity index (χ0v) is 15.0. The Bertz CT molecular complexity index is 717. The van der Waals surface area contributed by atoms with Crippen LogP contribution in [-0.2, 0) is 9.59 Å². The van der Waals surface area contributed by atoms with Crippen LogP contribution in [0.4, 0.5) is 5.82 Å². The first kappa shape index (κ1) is 18.0. The van der Waals surface area contributed by atoms with Crippen LogP contribution in [0.3, 0.4) is 0 Å². The number of anilines is 1. The van der Waals surface area contributed by atoms with E-state index in [0.717, 1.165) is 4.47 Å². The van der Waals surface area contributed by atoms with Gasteiger partial charge in [0, 0.05) is 17.6 Å². The second-order valence-corrected chi connectivity index (χ2v) is 6.09. The lowest BCUT2D eigenvalue weighted by Crippen LogP contribution is -2.35. The molecular formula is C16H18BrN3O4. The molecule has 8 heteroatoms. The Hall–Kier alpha value is -2.35. The van der Waals surface area contributed by atoms with E-state index < -0.39 is 0 Å². The lowest BCUT2D eigenvalue weighted by Gasteiger charge is -2.16. The van der Waals surface area contributed by atoms with Crippen LogP contribution in [0.2, 0.25) is 0 Å².